The van der Waals surface area contributed by atoms with Crippen molar-refractivity contribution >= 4 is 72.0 Å². The molecule has 2 rings (SSSR count). The number of rotatable bonds is 19. The maximum absolute atomic E-state index is 11.9. The summed E-state index contributed by atoms with van der Waals surface area (Å²) >= 11 is 4.20. The first kappa shape index (κ1) is 60.9. The molecular formula is C38H72BN6NaO9S3. The van der Waals surface area contributed by atoms with Crippen LogP contribution in [0.5, 0.6) is 0 Å². The summed E-state index contributed by atoms with van der Waals surface area (Å²) in [7, 11) is 7.95. The zero-order chi connectivity index (χ0) is 44.0. The van der Waals surface area contributed by atoms with E-state index in [4.69, 9.17) is 31.3 Å². The molecule has 0 heterocycles. The van der Waals surface area contributed by atoms with Crippen molar-refractivity contribution in [3.8, 4) is 5.97 Å². The second-order valence-corrected chi connectivity index (χ2v) is 19.4. The third-order valence-electron chi connectivity index (χ3n) is 8.70. The van der Waals surface area contributed by atoms with Gasteiger partial charge < -0.3 is 48.5 Å². The number of hydrogen-bond donors (Lipinski definition) is 8. The Morgan fingerprint density at radius 1 is 0.845 bits per heavy atom. The van der Waals surface area contributed by atoms with Gasteiger partial charge in [0, 0.05) is 43.5 Å². The number of thiol groups is 1. The average molecular weight is 887 g/mol. The Labute approximate surface area is 385 Å². The molecule has 2 radical (unpaired) electrons. The number of nitriles is 1. The van der Waals surface area contributed by atoms with Gasteiger partial charge in [-0.15, -0.1) is 0 Å². The zero-order valence-electron chi connectivity index (χ0n) is 37.1. The molecule has 0 aromatic carbocycles. The van der Waals surface area contributed by atoms with Crippen LogP contribution in [0.2, 0.25) is 0 Å². The van der Waals surface area contributed by atoms with Crippen molar-refractivity contribution in [1.82, 2.24) is 16.0 Å². The van der Waals surface area contributed by atoms with Gasteiger partial charge >= 0.3 is 53.7 Å². The number of aliphatic carboxylic acids is 2. The summed E-state index contributed by atoms with van der Waals surface area (Å²) in [6.07, 6.45) is 7.44. The third-order valence-corrected chi connectivity index (χ3v) is 11.6. The van der Waals surface area contributed by atoms with Crippen LogP contribution in [0.4, 0.5) is 9.59 Å². The van der Waals surface area contributed by atoms with Gasteiger partial charge in [0.1, 0.15) is 17.0 Å². The normalized spacial score (nSPS) is 18.3. The largest absolute Gasteiger partial charge is 1.00 e. The third kappa shape index (κ3) is 35.4. The van der Waals surface area contributed by atoms with E-state index in [2.05, 4.69) is 36.4 Å². The van der Waals surface area contributed by atoms with Crippen molar-refractivity contribution in [3.05, 3.63) is 0 Å². The molecule has 2 aliphatic rings. The standard InChI is InChI=1S/C17H32N2O4S.C14H23NO5.C6H16N2S2.CBN.Na.H/c1-16(2,3)23-15(22)19-12-17(11-14(20)21)7-5-13(6-8-17)18-9-4-10-24;1-13(2,3)20-12(19)15-9-14(8-11(17)18)6-4-10(16)5-7-14;7-3-1-5-9-10-6-2-4-8;2-1-3;;/h13,18,24H,4-12H2,1-3H3,(H,19,22)(H,20,21);4-9H2,1-3H3,(H,15,19)(H,17,18);1-8H2;;;/q;;;;+1;-1. The van der Waals surface area contributed by atoms with Crippen molar-refractivity contribution in [3.63, 3.8) is 0 Å². The molecule has 0 aromatic heterocycles. The number of nitrogens with one attached hydrogen (secondary N) is 3. The number of carbonyl (C=O) groups excluding carboxylic acids is 3. The molecule has 2 saturated carbocycles. The molecule has 0 aromatic rings. The Morgan fingerprint density at radius 2 is 1.22 bits per heavy atom. The summed E-state index contributed by atoms with van der Waals surface area (Å²) in [6, 6.07) is 0.424. The van der Waals surface area contributed by atoms with Gasteiger partial charge in [-0.2, -0.15) is 12.6 Å². The molecule has 0 saturated heterocycles. The maximum Gasteiger partial charge on any atom is 1.00 e. The van der Waals surface area contributed by atoms with Gasteiger partial charge in [-0.1, -0.05) is 21.6 Å². The smallest absolute Gasteiger partial charge is 1.00 e. The number of nitrogens with two attached hydrogens (primary N) is 2. The molecule has 0 aliphatic heterocycles. The van der Waals surface area contributed by atoms with E-state index in [-0.39, 0.29) is 61.6 Å². The van der Waals surface area contributed by atoms with Crippen LogP contribution in [-0.2, 0) is 23.9 Å². The van der Waals surface area contributed by atoms with Crippen LogP contribution in [-0.4, -0.2) is 115 Å². The van der Waals surface area contributed by atoms with Crippen molar-refractivity contribution in [2.45, 2.75) is 142 Å². The summed E-state index contributed by atoms with van der Waals surface area (Å²) < 4.78 is 10.4. The van der Waals surface area contributed by atoms with Gasteiger partial charge in [0.05, 0.1) is 12.8 Å². The van der Waals surface area contributed by atoms with Crippen LogP contribution < -0.4 is 57.0 Å². The van der Waals surface area contributed by atoms with Crippen LogP contribution in [0.1, 0.15) is 126 Å². The first-order chi connectivity index (χ1) is 26.6. The Kier molecular flexibility index (Phi) is 36.0. The van der Waals surface area contributed by atoms with E-state index in [0.29, 0.717) is 38.3 Å². The first-order valence-electron chi connectivity index (χ1n) is 19.6. The van der Waals surface area contributed by atoms with Gasteiger partial charge in [0.2, 0.25) is 7.85 Å². The second-order valence-electron chi connectivity index (χ2n) is 16.3. The molecule has 0 bridgehead atoms. The number of alkyl carbamates (subject to hydrolysis) is 2. The minimum atomic E-state index is -0.912. The van der Waals surface area contributed by atoms with Crippen molar-refractivity contribution < 1.29 is 74.6 Å². The van der Waals surface area contributed by atoms with Crippen molar-refractivity contribution in [2.24, 2.45) is 22.3 Å². The van der Waals surface area contributed by atoms with Gasteiger partial charge in [0.15, 0.2) is 0 Å². The fourth-order valence-electron chi connectivity index (χ4n) is 5.90. The number of ketones is 1. The number of nitrogens with zero attached hydrogens (tertiary/aromatic N) is 1. The van der Waals surface area contributed by atoms with Crippen molar-refractivity contribution in [1.29, 1.82) is 5.26 Å². The number of carboxylic acid groups (broad SMARTS) is 2. The van der Waals surface area contributed by atoms with E-state index in [0.717, 1.165) is 70.3 Å². The molecule has 9 N–H and O–H groups in total. The first-order valence-corrected chi connectivity index (χ1v) is 22.7. The average Bonchev–Trinajstić information content (AvgIpc) is 3.09. The predicted octanol–water partition coefficient (Wildman–Crippen LogP) is 2.76. The zero-order valence-corrected chi connectivity index (χ0v) is 40.6. The van der Waals surface area contributed by atoms with Gasteiger partial charge in [-0.05, 0) is 142 Å². The van der Waals surface area contributed by atoms with E-state index in [1.165, 1.54) is 17.5 Å². The topological polar surface area (TPSA) is 256 Å². The predicted molar refractivity (Wildman–Crippen MR) is 235 cm³/mol. The summed E-state index contributed by atoms with van der Waals surface area (Å²) in [5.41, 5.74) is 8.58. The molecule has 15 nitrogen and oxygen atoms in total. The molecule has 330 valence electrons. The van der Waals surface area contributed by atoms with E-state index < -0.39 is 40.7 Å². The Hall–Kier alpha value is -1.37. The number of ether oxygens (including phenoxy) is 2. The minimum Gasteiger partial charge on any atom is -1.00 e. The number of carboxylic acids is 2. The van der Waals surface area contributed by atoms with E-state index in [9.17, 15) is 29.1 Å². The molecule has 2 amide bonds. The van der Waals surface area contributed by atoms with E-state index in [1.807, 2.05) is 21.6 Å². The number of amides is 2. The number of Topliss-reactive ketones (excluding diaryl/α,β-unsaturated/α-hetero) is 1. The van der Waals surface area contributed by atoms with Crippen LogP contribution in [0.25, 0.3) is 0 Å². The van der Waals surface area contributed by atoms with Crippen LogP contribution in [0.3, 0.4) is 0 Å². The number of hydrogen-bond acceptors (Lipinski definition) is 14. The Bertz CT molecular complexity index is 1200. The minimum absolute atomic E-state index is 0. The summed E-state index contributed by atoms with van der Waals surface area (Å²) in [4.78, 5) is 57.1. The monoisotopic (exact) mass is 886 g/mol. The summed E-state index contributed by atoms with van der Waals surface area (Å²) in [5, 5.41) is 34.3. The fraction of sp³-hybridized carbons (Fsp3) is 0.842. The van der Waals surface area contributed by atoms with Gasteiger partial charge in [-0.25, -0.2) is 14.9 Å². The van der Waals surface area contributed by atoms with Gasteiger partial charge in [-0.3, -0.25) is 14.4 Å². The van der Waals surface area contributed by atoms with Crippen LogP contribution in [0, 0.1) is 22.1 Å². The summed E-state index contributed by atoms with van der Waals surface area (Å²) in [5.74, 6) is 2.89. The maximum atomic E-state index is 11.9. The van der Waals surface area contributed by atoms with Gasteiger partial charge in [0.25, 0.3) is 0 Å². The Balaban J connectivity index is -0.000000390. The molecule has 58 heavy (non-hydrogen) atoms. The molecule has 2 aliphatic carbocycles. The number of carbonyl (C=O) groups is 5. The molecular weight excluding hydrogens is 814 g/mol. The molecule has 2 fully saturated rings. The molecule has 0 spiro atoms. The van der Waals surface area contributed by atoms with Crippen LogP contribution in [0.15, 0.2) is 0 Å². The molecule has 0 unspecified atom stereocenters. The van der Waals surface area contributed by atoms with Crippen LogP contribution >= 0.6 is 34.2 Å². The molecule has 20 heteroatoms. The second kappa shape index (κ2) is 34.2. The van der Waals surface area contributed by atoms with E-state index in [1.54, 1.807) is 41.5 Å². The fourth-order valence-corrected chi connectivity index (χ4v) is 8.28. The quantitative estimate of drug-likeness (QED) is 0.0402. The SMILES string of the molecule is CC(C)(C)OC(=O)NCC1(CC(=O)O)CCC(=O)CC1.CC(C)(C)OC(=O)NCC1(CC(=O)O)CCC(NCCCS)CC1.NCCCSSCCCN.[B]C#N.[H-].[Na+]. The van der Waals surface area contributed by atoms with E-state index >= 15 is 0 Å². The Morgan fingerprint density at radius 3 is 1.55 bits per heavy atom. The van der Waals surface area contributed by atoms with Crippen molar-refractivity contribution in [2.75, 3.05) is 50.0 Å². The molecule has 0 atom stereocenters. The summed E-state index contributed by atoms with van der Waals surface area (Å²) in [6.45, 7) is 13.8.